The number of hydrogen-bond donors (Lipinski definition) is 0. The summed E-state index contributed by atoms with van der Waals surface area (Å²) in [7, 11) is 0. The van der Waals surface area contributed by atoms with Crippen molar-refractivity contribution < 1.29 is 4.74 Å². The van der Waals surface area contributed by atoms with Crippen LogP contribution < -0.4 is 0 Å². The molecule has 0 radical (unpaired) electrons. The lowest BCUT2D eigenvalue weighted by molar-refractivity contribution is 0.0845. The van der Waals surface area contributed by atoms with Gasteiger partial charge in [0.1, 0.15) is 5.01 Å². The van der Waals surface area contributed by atoms with Crippen LogP contribution in [-0.4, -0.2) is 18.2 Å². The minimum absolute atomic E-state index is 0.536. The molecule has 14 heavy (non-hydrogen) atoms. The van der Waals surface area contributed by atoms with Gasteiger partial charge in [0.2, 0.25) is 0 Å². The van der Waals surface area contributed by atoms with Crippen molar-refractivity contribution in [2.24, 2.45) is 0 Å². The maximum atomic E-state index is 5.77. The molecule has 1 fully saturated rings. The van der Waals surface area contributed by atoms with E-state index >= 15 is 0 Å². The van der Waals surface area contributed by atoms with Gasteiger partial charge in [-0.2, -0.15) is 0 Å². The zero-order valence-electron chi connectivity index (χ0n) is 8.25. The molecule has 78 valence electrons. The summed E-state index contributed by atoms with van der Waals surface area (Å²) in [6.45, 7) is 3.88. The summed E-state index contributed by atoms with van der Waals surface area (Å²) in [5.41, 5.74) is 1.26. The van der Waals surface area contributed by atoms with Gasteiger partial charge in [-0.1, -0.05) is 0 Å². The molecule has 1 saturated heterocycles. The van der Waals surface area contributed by atoms with Crippen molar-refractivity contribution >= 4 is 22.9 Å². The highest BCUT2D eigenvalue weighted by atomic mass is 35.5. The van der Waals surface area contributed by atoms with Crippen molar-refractivity contribution in [3.8, 4) is 0 Å². The Bertz CT molecular complexity index is 307. The number of rotatable bonds is 2. The zero-order valence-corrected chi connectivity index (χ0v) is 9.83. The van der Waals surface area contributed by atoms with Crippen molar-refractivity contribution in [1.82, 2.24) is 4.98 Å². The number of aryl methyl sites for hydroxylation is 1. The molecule has 1 aliphatic heterocycles. The van der Waals surface area contributed by atoms with Crippen molar-refractivity contribution in [3.63, 3.8) is 0 Å². The highest BCUT2D eigenvalue weighted by Crippen LogP contribution is 2.31. The Labute approximate surface area is 93.3 Å². The van der Waals surface area contributed by atoms with Gasteiger partial charge >= 0.3 is 0 Å². The molecule has 1 aromatic rings. The van der Waals surface area contributed by atoms with Crippen LogP contribution in [0.5, 0.6) is 0 Å². The van der Waals surface area contributed by atoms with E-state index in [2.05, 4.69) is 11.9 Å². The van der Waals surface area contributed by atoms with Gasteiger partial charge in [0, 0.05) is 24.0 Å². The van der Waals surface area contributed by atoms with Crippen LogP contribution in [0.2, 0.25) is 0 Å². The van der Waals surface area contributed by atoms with Gasteiger partial charge in [-0.15, -0.1) is 22.9 Å². The number of alkyl halides is 1. The Morgan fingerprint density at radius 1 is 1.50 bits per heavy atom. The van der Waals surface area contributed by atoms with Crippen LogP contribution in [0, 0.1) is 6.92 Å². The van der Waals surface area contributed by atoms with Crippen LogP contribution in [0.25, 0.3) is 0 Å². The first-order chi connectivity index (χ1) is 6.81. The van der Waals surface area contributed by atoms with Crippen LogP contribution in [0.4, 0.5) is 0 Å². The summed E-state index contributed by atoms with van der Waals surface area (Å²) in [4.78, 5) is 5.91. The standard InChI is InChI=1S/C10H14ClNOS/c1-7-10(12-9(6-11)14-7)8-2-4-13-5-3-8/h8H,2-6H2,1H3. The lowest BCUT2D eigenvalue weighted by Gasteiger charge is -2.20. The van der Waals surface area contributed by atoms with Crippen LogP contribution in [-0.2, 0) is 10.6 Å². The lowest BCUT2D eigenvalue weighted by atomic mass is 9.96. The Morgan fingerprint density at radius 3 is 2.79 bits per heavy atom. The van der Waals surface area contributed by atoms with E-state index in [1.54, 1.807) is 11.3 Å². The topological polar surface area (TPSA) is 22.1 Å². The van der Waals surface area contributed by atoms with E-state index in [9.17, 15) is 0 Å². The van der Waals surface area contributed by atoms with Crippen LogP contribution in [0.15, 0.2) is 0 Å². The maximum Gasteiger partial charge on any atom is 0.108 e. The molecule has 0 amide bonds. The summed E-state index contributed by atoms with van der Waals surface area (Å²) in [5, 5.41) is 1.05. The molecule has 0 N–H and O–H groups in total. The molecule has 0 bridgehead atoms. The molecule has 0 aromatic carbocycles. The molecular weight excluding hydrogens is 218 g/mol. The van der Waals surface area contributed by atoms with Gasteiger partial charge in [0.25, 0.3) is 0 Å². The third-order valence-electron chi connectivity index (χ3n) is 2.60. The molecule has 4 heteroatoms. The molecule has 0 saturated carbocycles. The Hall–Kier alpha value is -0.120. The summed E-state index contributed by atoms with van der Waals surface area (Å²) < 4.78 is 5.34. The average Bonchev–Trinajstić information content (AvgIpc) is 2.61. The SMILES string of the molecule is Cc1sc(CCl)nc1C1CCOCC1. The normalized spacial score (nSPS) is 18.7. The molecule has 0 atom stereocenters. The van der Waals surface area contributed by atoms with Gasteiger partial charge in [-0.25, -0.2) is 4.98 Å². The smallest absolute Gasteiger partial charge is 0.108 e. The minimum atomic E-state index is 0.536. The summed E-state index contributed by atoms with van der Waals surface area (Å²) in [6.07, 6.45) is 2.21. The molecule has 0 unspecified atom stereocenters. The highest BCUT2D eigenvalue weighted by Gasteiger charge is 2.20. The third-order valence-corrected chi connectivity index (χ3v) is 4.00. The van der Waals surface area contributed by atoms with E-state index in [1.165, 1.54) is 10.6 Å². The molecule has 1 aromatic heterocycles. The van der Waals surface area contributed by atoms with E-state index in [0.29, 0.717) is 11.8 Å². The van der Waals surface area contributed by atoms with E-state index in [4.69, 9.17) is 16.3 Å². The van der Waals surface area contributed by atoms with Gasteiger partial charge in [-0.05, 0) is 19.8 Å². The largest absolute Gasteiger partial charge is 0.381 e. The Kier molecular flexibility index (Phi) is 3.42. The Morgan fingerprint density at radius 2 is 2.21 bits per heavy atom. The fourth-order valence-corrected chi connectivity index (χ4v) is 2.96. The highest BCUT2D eigenvalue weighted by molar-refractivity contribution is 7.11. The monoisotopic (exact) mass is 231 g/mol. The van der Waals surface area contributed by atoms with Crippen molar-refractivity contribution in [2.75, 3.05) is 13.2 Å². The first-order valence-electron chi connectivity index (χ1n) is 4.91. The molecule has 1 aliphatic rings. The lowest BCUT2D eigenvalue weighted by Crippen LogP contribution is -2.15. The second kappa shape index (κ2) is 4.60. The van der Waals surface area contributed by atoms with Crippen LogP contribution in [0.3, 0.4) is 0 Å². The molecule has 2 nitrogen and oxygen atoms in total. The van der Waals surface area contributed by atoms with Gasteiger partial charge in [0.15, 0.2) is 0 Å². The van der Waals surface area contributed by atoms with Crippen LogP contribution in [0.1, 0.15) is 34.3 Å². The first-order valence-corrected chi connectivity index (χ1v) is 6.26. The summed E-state index contributed by atoms with van der Waals surface area (Å²) in [6, 6.07) is 0. The molecular formula is C10H14ClNOS. The van der Waals surface area contributed by atoms with Crippen LogP contribution >= 0.6 is 22.9 Å². The molecule has 0 aliphatic carbocycles. The fraction of sp³-hybridized carbons (Fsp3) is 0.700. The number of aromatic nitrogens is 1. The van der Waals surface area contributed by atoms with E-state index < -0.39 is 0 Å². The number of ether oxygens (including phenoxy) is 1. The van der Waals surface area contributed by atoms with E-state index in [-0.39, 0.29) is 0 Å². The van der Waals surface area contributed by atoms with Gasteiger partial charge in [0.05, 0.1) is 11.6 Å². The quantitative estimate of drug-likeness (QED) is 0.730. The zero-order chi connectivity index (χ0) is 9.97. The van der Waals surface area contributed by atoms with Gasteiger partial charge < -0.3 is 4.74 Å². The number of thiazole rings is 1. The number of halogens is 1. The Balaban J connectivity index is 2.17. The summed E-state index contributed by atoms with van der Waals surface area (Å²) in [5.74, 6) is 1.13. The second-order valence-electron chi connectivity index (χ2n) is 3.57. The third kappa shape index (κ3) is 2.10. The summed E-state index contributed by atoms with van der Waals surface area (Å²) >= 11 is 7.50. The number of nitrogens with zero attached hydrogens (tertiary/aromatic N) is 1. The second-order valence-corrected chi connectivity index (χ2v) is 5.12. The van der Waals surface area contributed by atoms with Crippen molar-refractivity contribution in [2.45, 2.75) is 31.6 Å². The predicted molar refractivity (Wildman–Crippen MR) is 59.2 cm³/mol. The maximum absolute atomic E-state index is 5.77. The average molecular weight is 232 g/mol. The molecule has 0 spiro atoms. The first kappa shape index (κ1) is 10.4. The predicted octanol–water partition coefficient (Wildman–Crippen LogP) is 3.08. The van der Waals surface area contributed by atoms with Gasteiger partial charge in [-0.3, -0.25) is 0 Å². The fourth-order valence-electron chi connectivity index (χ4n) is 1.87. The van der Waals surface area contributed by atoms with Crippen molar-refractivity contribution in [1.29, 1.82) is 0 Å². The van der Waals surface area contributed by atoms with E-state index in [1.807, 2.05) is 0 Å². The van der Waals surface area contributed by atoms with E-state index in [0.717, 1.165) is 31.1 Å². The number of hydrogen-bond acceptors (Lipinski definition) is 3. The molecule has 2 rings (SSSR count). The minimum Gasteiger partial charge on any atom is -0.381 e. The van der Waals surface area contributed by atoms with Crippen molar-refractivity contribution in [3.05, 3.63) is 15.6 Å². The molecule has 2 heterocycles.